The molecule has 1 unspecified atom stereocenters. The van der Waals surface area contributed by atoms with Crippen LogP contribution in [0, 0.1) is 0 Å². The van der Waals surface area contributed by atoms with Crippen LogP contribution >= 0.6 is 11.3 Å². The molecule has 0 fully saturated rings. The minimum Gasteiger partial charge on any atom is -0.469 e. The van der Waals surface area contributed by atoms with Crippen molar-refractivity contribution in [3.05, 3.63) is 11.1 Å². The minimum atomic E-state index is -0.276. The first-order valence-corrected chi connectivity index (χ1v) is 5.80. The van der Waals surface area contributed by atoms with E-state index in [1.54, 1.807) is 7.11 Å². The maximum absolute atomic E-state index is 11.0. The molecule has 0 amide bonds. The van der Waals surface area contributed by atoms with Crippen molar-refractivity contribution in [1.82, 2.24) is 4.98 Å². The Morgan fingerprint density at radius 1 is 1.62 bits per heavy atom. The zero-order valence-corrected chi connectivity index (χ0v) is 10.5. The Morgan fingerprint density at radius 3 is 3.00 bits per heavy atom. The third-order valence-corrected chi connectivity index (χ3v) is 2.71. The number of thiazole rings is 1. The van der Waals surface area contributed by atoms with Gasteiger partial charge in [0.25, 0.3) is 0 Å². The summed E-state index contributed by atoms with van der Waals surface area (Å²) in [6.45, 7) is 2.62. The van der Waals surface area contributed by atoms with Gasteiger partial charge in [-0.15, -0.1) is 11.3 Å². The zero-order chi connectivity index (χ0) is 12.0. The number of carbonyl (C=O) groups excluding carboxylic acids is 1. The molecule has 6 heteroatoms. The van der Waals surface area contributed by atoms with E-state index in [-0.39, 0.29) is 18.4 Å². The highest BCUT2D eigenvalue weighted by Gasteiger charge is 2.09. The molecule has 0 aliphatic carbocycles. The van der Waals surface area contributed by atoms with Crippen molar-refractivity contribution in [3.63, 3.8) is 0 Å². The van der Waals surface area contributed by atoms with Crippen LogP contribution in [0.4, 0.5) is 5.13 Å². The van der Waals surface area contributed by atoms with E-state index in [1.165, 1.54) is 18.4 Å². The van der Waals surface area contributed by atoms with Gasteiger partial charge in [0.2, 0.25) is 0 Å². The first-order chi connectivity index (χ1) is 7.65. The lowest BCUT2D eigenvalue weighted by Gasteiger charge is -2.10. The van der Waals surface area contributed by atoms with Gasteiger partial charge in [0.1, 0.15) is 0 Å². The van der Waals surface area contributed by atoms with Gasteiger partial charge in [-0.05, 0) is 6.92 Å². The molecule has 1 N–H and O–H groups in total. The van der Waals surface area contributed by atoms with Crippen molar-refractivity contribution in [2.75, 3.05) is 26.1 Å². The molecule has 0 spiro atoms. The van der Waals surface area contributed by atoms with Crippen LogP contribution in [0.1, 0.15) is 12.6 Å². The fourth-order valence-corrected chi connectivity index (χ4v) is 2.00. The van der Waals surface area contributed by atoms with E-state index < -0.39 is 0 Å². The van der Waals surface area contributed by atoms with Gasteiger partial charge in [-0.2, -0.15) is 0 Å². The minimum absolute atomic E-state index is 0.196. The standard InChI is InChI=1S/C10H16N2O3S/c1-7(5-14-2)11-10-12-8(6-16-10)4-9(13)15-3/h6-7H,4-5H2,1-3H3,(H,11,12). The second kappa shape index (κ2) is 6.44. The number of carbonyl (C=O) groups is 1. The molecule has 5 nitrogen and oxygen atoms in total. The maximum atomic E-state index is 11.0. The fourth-order valence-electron chi connectivity index (χ4n) is 1.18. The van der Waals surface area contributed by atoms with Crippen molar-refractivity contribution in [2.24, 2.45) is 0 Å². The van der Waals surface area contributed by atoms with E-state index in [0.29, 0.717) is 6.61 Å². The van der Waals surface area contributed by atoms with Crippen LogP contribution in [-0.4, -0.2) is 37.8 Å². The van der Waals surface area contributed by atoms with Gasteiger partial charge in [-0.25, -0.2) is 4.98 Å². The average Bonchev–Trinajstić information content (AvgIpc) is 2.65. The van der Waals surface area contributed by atoms with Crippen LogP contribution < -0.4 is 5.32 Å². The molecule has 16 heavy (non-hydrogen) atoms. The first kappa shape index (κ1) is 12.9. The highest BCUT2D eigenvalue weighted by molar-refractivity contribution is 7.13. The quantitative estimate of drug-likeness (QED) is 0.764. The van der Waals surface area contributed by atoms with Crippen molar-refractivity contribution in [3.8, 4) is 0 Å². The Bertz CT molecular complexity index is 341. The van der Waals surface area contributed by atoms with E-state index in [9.17, 15) is 4.79 Å². The number of esters is 1. The normalized spacial score (nSPS) is 12.2. The van der Waals surface area contributed by atoms with E-state index in [1.807, 2.05) is 12.3 Å². The molecule has 0 aromatic carbocycles. The van der Waals surface area contributed by atoms with Crippen molar-refractivity contribution in [2.45, 2.75) is 19.4 Å². The number of anilines is 1. The summed E-state index contributed by atoms with van der Waals surface area (Å²) in [5.41, 5.74) is 0.726. The van der Waals surface area contributed by atoms with Crippen molar-refractivity contribution in [1.29, 1.82) is 0 Å². The van der Waals surface area contributed by atoms with E-state index in [0.717, 1.165) is 10.8 Å². The number of hydrogen-bond acceptors (Lipinski definition) is 6. The number of hydrogen-bond donors (Lipinski definition) is 1. The second-order valence-corrected chi connectivity index (χ2v) is 4.26. The van der Waals surface area contributed by atoms with Crippen LogP contribution in [0.25, 0.3) is 0 Å². The molecular weight excluding hydrogens is 228 g/mol. The molecule has 1 atom stereocenters. The summed E-state index contributed by atoms with van der Waals surface area (Å²) in [6, 6.07) is 0.196. The number of nitrogens with one attached hydrogen (secondary N) is 1. The highest BCUT2D eigenvalue weighted by atomic mass is 32.1. The molecule has 0 bridgehead atoms. The lowest BCUT2D eigenvalue weighted by molar-refractivity contribution is -0.139. The molecule has 0 radical (unpaired) electrons. The zero-order valence-electron chi connectivity index (χ0n) is 9.65. The summed E-state index contributed by atoms with van der Waals surface area (Å²) in [5.74, 6) is -0.276. The van der Waals surface area contributed by atoms with Crippen LogP contribution in [-0.2, 0) is 20.7 Å². The Kier molecular flexibility index (Phi) is 5.21. The van der Waals surface area contributed by atoms with Crippen molar-refractivity contribution >= 4 is 22.4 Å². The summed E-state index contributed by atoms with van der Waals surface area (Å²) in [4.78, 5) is 15.3. The Hall–Kier alpha value is -1.14. The summed E-state index contributed by atoms with van der Waals surface area (Å²) in [5, 5.41) is 5.83. The lowest BCUT2D eigenvalue weighted by Crippen LogP contribution is -2.20. The lowest BCUT2D eigenvalue weighted by atomic mass is 10.3. The fraction of sp³-hybridized carbons (Fsp3) is 0.600. The van der Waals surface area contributed by atoms with Crippen LogP contribution in [0.2, 0.25) is 0 Å². The van der Waals surface area contributed by atoms with Crippen LogP contribution in [0.15, 0.2) is 5.38 Å². The average molecular weight is 244 g/mol. The first-order valence-electron chi connectivity index (χ1n) is 4.92. The van der Waals surface area contributed by atoms with Gasteiger partial charge in [0.15, 0.2) is 5.13 Å². The van der Waals surface area contributed by atoms with Crippen LogP contribution in [0.3, 0.4) is 0 Å². The number of ether oxygens (including phenoxy) is 2. The highest BCUT2D eigenvalue weighted by Crippen LogP contribution is 2.16. The molecule has 0 saturated heterocycles. The summed E-state index contributed by atoms with van der Waals surface area (Å²) >= 11 is 1.47. The summed E-state index contributed by atoms with van der Waals surface area (Å²) < 4.78 is 9.57. The van der Waals surface area contributed by atoms with E-state index >= 15 is 0 Å². The maximum Gasteiger partial charge on any atom is 0.311 e. The summed E-state index contributed by atoms with van der Waals surface area (Å²) in [7, 11) is 3.03. The molecule has 1 rings (SSSR count). The molecule has 0 saturated carbocycles. The third-order valence-electron chi connectivity index (χ3n) is 1.89. The van der Waals surface area contributed by atoms with E-state index in [4.69, 9.17) is 4.74 Å². The van der Waals surface area contributed by atoms with Gasteiger partial charge >= 0.3 is 5.97 Å². The van der Waals surface area contributed by atoms with E-state index in [2.05, 4.69) is 15.0 Å². The molecular formula is C10H16N2O3S. The Balaban J connectivity index is 2.48. The number of aromatic nitrogens is 1. The third kappa shape index (κ3) is 4.16. The number of methoxy groups -OCH3 is 2. The predicted molar refractivity (Wildman–Crippen MR) is 62.8 cm³/mol. The van der Waals surface area contributed by atoms with Gasteiger partial charge in [0, 0.05) is 18.5 Å². The number of rotatable bonds is 6. The molecule has 1 heterocycles. The van der Waals surface area contributed by atoms with Gasteiger partial charge < -0.3 is 14.8 Å². The molecule has 1 aromatic rings. The van der Waals surface area contributed by atoms with Crippen LogP contribution in [0.5, 0.6) is 0 Å². The number of nitrogens with zero attached hydrogens (tertiary/aromatic N) is 1. The monoisotopic (exact) mass is 244 g/mol. The smallest absolute Gasteiger partial charge is 0.311 e. The molecule has 1 aromatic heterocycles. The van der Waals surface area contributed by atoms with Gasteiger partial charge in [-0.3, -0.25) is 4.79 Å². The Labute approximate surface area is 98.8 Å². The van der Waals surface area contributed by atoms with Gasteiger partial charge in [0.05, 0.1) is 25.8 Å². The SMILES string of the molecule is COCC(C)Nc1nc(CC(=O)OC)cs1. The predicted octanol–water partition coefficient (Wildman–Crippen LogP) is 1.31. The van der Waals surface area contributed by atoms with Crippen molar-refractivity contribution < 1.29 is 14.3 Å². The topological polar surface area (TPSA) is 60.5 Å². The molecule has 0 aliphatic heterocycles. The molecule has 0 aliphatic rings. The molecule has 90 valence electrons. The Morgan fingerprint density at radius 2 is 2.38 bits per heavy atom. The largest absolute Gasteiger partial charge is 0.469 e. The second-order valence-electron chi connectivity index (χ2n) is 3.40. The summed E-state index contributed by atoms with van der Waals surface area (Å²) in [6.07, 6.45) is 0.216. The van der Waals surface area contributed by atoms with Gasteiger partial charge in [-0.1, -0.05) is 0 Å².